The third kappa shape index (κ3) is 2.28. The molecule has 0 amide bonds. The maximum absolute atomic E-state index is 11.1. The minimum Gasteiger partial charge on any atom is -0.469 e. The Morgan fingerprint density at radius 2 is 2.56 bits per heavy atom. The fraction of sp³-hybridized carbons (Fsp3) is 0.300. The number of ether oxygens (including phenoxy) is 1. The van der Waals surface area contributed by atoms with Crippen LogP contribution in [0.1, 0.15) is 6.42 Å². The molecule has 84 valence electrons. The molecule has 0 saturated heterocycles. The summed E-state index contributed by atoms with van der Waals surface area (Å²) >= 11 is 0. The van der Waals surface area contributed by atoms with Gasteiger partial charge in [0, 0.05) is 12.4 Å². The van der Waals surface area contributed by atoms with Gasteiger partial charge in [0.15, 0.2) is 0 Å². The first-order valence-electron chi connectivity index (χ1n) is 4.79. The van der Waals surface area contributed by atoms with Crippen molar-refractivity contribution in [2.75, 3.05) is 12.4 Å². The van der Waals surface area contributed by atoms with Gasteiger partial charge in [0.1, 0.15) is 5.82 Å². The third-order valence-electron chi connectivity index (χ3n) is 2.30. The number of carbonyl (C=O) groups is 1. The molecule has 1 aliphatic rings. The number of rotatable bonds is 3. The highest BCUT2D eigenvalue weighted by atomic mass is 16.5. The lowest BCUT2D eigenvalue weighted by Gasteiger charge is -1.97. The van der Waals surface area contributed by atoms with Crippen LogP contribution in [0.25, 0.3) is 0 Å². The van der Waals surface area contributed by atoms with Crippen molar-refractivity contribution in [2.24, 2.45) is 5.92 Å². The van der Waals surface area contributed by atoms with Crippen LogP contribution in [-0.4, -0.2) is 23.0 Å². The van der Waals surface area contributed by atoms with Crippen molar-refractivity contribution in [3.05, 3.63) is 34.5 Å². The summed E-state index contributed by atoms with van der Waals surface area (Å²) in [5.41, 5.74) is 0.549. The fourth-order valence-electron chi connectivity index (χ4n) is 1.34. The summed E-state index contributed by atoms with van der Waals surface area (Å²) in [6.07, 6.45) is 3.81. The SMILES string of the molecule is COC(=O)C1CC1=CNc1ccnc(=O)[nH]1. The third-order valence-corrected chi connectivity index (χ3v) is 2.30. The quantitative estimate of drug-likeness (QED) is 0.715. The number of esters is 1. The van der Waals surface area contributed by atoms with E-state index < -0.39 is 5.69 Å². The molecule has 1 heterocycles. The Labute approximate surface area is 91.4 Å². The maximum Gasteiger partial charge on any atom is 0.346 e. The summed E-state index contributed by atoms with van der Waals surface area (Å²) in [6, 6.07) is 1.63. The van der Waals surface area contributed by atoms with Crippen LogP contribution in [0.4, 0.5) is 5.82 Å². The van der Waals surface area contributed by atoms with Crippen LogP contribution in [0.15, 0.2) is 28.8 Å². The van der Waals surface area contributed by atoms with E-state index in [1.54, 1.807) is 12.3 Å². The molecule has 1 aromatic rings. The van der Waals surface area contributed by atoms with Gasteiger partial charge in [-0.05, 0) is 18.1 Å². The average Bonchev–Trinajstić information content (AvgIpc) is 3.05. The van der Waals surface area contributed by atoms with Gasteiger partial charge in [-0.3, -0.25) is 9.78 Å². The topological polar surface area (TPSA) is 84.1 Å². The molecule has 1 unspecified atom stereocenters. The number of hydrogen-bond acceptors (Lipinski definition) is 5. The minimum absolute atomic E-state index is 0.133. The fourth-order valence-corrected chi connectivity index (χ4v) is 1.34. The summed E-state index contributed by atoms with van der Waals surface area (Å²) in [4.78, 5) is 28.0. The van der Waals surface area contributed by atoms with E-state index >= 15 is 0 Å². The van der Waals surface area contributed by atoms with Crippen molar-refractivity contribution in [1.29, 1.82) is 0 Å². The van der Waals surface area contributed by atoms with Gasteiger partial charge in [0.2, 0.25) is 0 Å². The predicted molar refractivity (Wildman–Crippen MR) is 56.7 cm³/mol. The van der Waals surface area contributed by atoms with E-state index in [0.29, 0.717) is 12.2 Å². The van der Waals surface area contributed by atoms with Crippen molar-refractivity contribution in [3.8, 4) is 0 Å². The molecule has 1 aromatic heterocycles. The molecule has 0 aromatic carbocycles. The maximum atomic E-state index is 11.1. The Morgan fingerprint density at radius 3 is 3.25 bits per heavy atom. The highest BCUT2D eigenvalue weighted by Gasteiger charge is 2.37. The molecular formula is C10H11N3O3. The number of aromatic nitrogens is 2. The first kappa shape index (κ1) is 10.4. The van der Waals surface area contributed by atoms with Crippen LogP contribution in [0, 0.1) is 5.92 Å². The van der Waals surface area contributed by atoms with Gasteiger partial charge in [-0.1, -0.05) is 0 Å². The Morgan fingerprint density at radius 1 is 1.75 bits per heavy atom. The van der Waals surface area contributed by atoms with E-state index in [1.807, 2.05) is 0 Å². The highest BCUT2D eigenvalue weighted by Crippen LogP contribution is 2.38. The van der Waals surface area contributed by atoms with Gasteiger partial charge in [-0.25, -0.2) is 9.78 Å². The van der Waals surface area contributed by atoms with Gasteiger partial charge < -0.3 is 10.1 Å². The molecule has 0 radical (unpaired) electrons. The molecule has 1 atom stereocenters. The van der Waals surface area contributed by atoms with Crippen molar-refractivity contribution in [2.45, 2.75) is 6.42 Å². The van der Waals surface area contributed by atoms with E-state index in [1.165, 1.54) is 13.3 Å². The monoisotopic (exact) mass is 221 g/mol. The molecule has 2 rings (SSSR count). The van der Waals surface area contributed by atoms with Crippen LogP contribution in [0.5, 0.6) is 0 Å². The van der Waals surface area contributed by atoms with Crippen LogP contribution < -0.4 is 11.0 Å². The zero-order chi connectivity index (χ0) is 11.5. The van der Waals surface area contributed by atoms with Gasteiger partial charge in [0.05, 0.1) is 13.0 Å². The second kappa shape index (κ2) is 4.18. The number of nitrogens with one attached hydrogen (secondary N) is 2. The Kier molecular flexibility index (Phi) is 2.72. The van der Waals surface area contributed by atoms with Crippen LogP contribution in [0.2, 0.25) is 0 Å². The van der Waals surface area contributed by atoms with E-state index in [0.717, 1.165) is 5.57 Å². The molecule has 16 heavy (non-hydrogen) atoms. The standard InChI is InChI=1S/C10H11N3O3/c1-16-9(14)7-4-6(7)5-12-8-2-3-11-10(15)13-8/h2-3,5,7H,4H2,1H3,(H2,11,12,13,15). The average molecular weight is 221 g/mol. The summed E-state index contributed by atoms with van der Waals surface area (Å²) in [5, 5.41) is 2.89. The molecule has 1 aliphatic carbocycles. The van der Waals surface area contributed by atoms with Crippen LogP contribution in [-0.2, 0) is 9.53 Å². The summed E-state index contributed by atoms with van der Waals surface area (Å²) in [5.74, 6) is 0.186. The van der Waals surface area contributed by atoms with Gasteiger partial charge >= 0.3 is 11.7 Å². The lowest BCUT2D eigenvalue weighted by Crippen LogP contribution is -2.10. The van der Waals surface area contributed by atoms with Crippen LogP contribution in [0.3, 0.4) is 0 Å². The largest absolute Gasteiger partial charge is 0.469 e. The number of aromatic amines is 1. The van der Waals surface area contributed by atoms with Crippen molar-refractivity contribution in [3.63, 3.8) is 0 Å². The van der Waals surface area contributed by atoms with Gasteiger partial charge in [0.25, 0.3) is 0 Å². The first-order valence-corrected chi connectivity index (χ1v) is 4.79. The minimum atomic E-state index is -0.413. The number of carbonyl (C=O) groups excluding carboxylic acids is 1. The number of nitrogens with zero attached hydrogens (tertiary/aromatic N) is 1. The van der Waals surface area contributed by atoms with E-state index in [-0.39, 0.29) is 11.9 Å². The van der Waals surface area contributed by atoms with Crippen molar-refractivity contribution in [1.82, 2.24) is 9.97 Å². The molecule has 0 spiro atoms. The van der Waals surface area contributed by atoms with E-state index in [9.17, 15) is 9.59 Å². The lowest BCUT2D eigenvalue weighted by atomic mass is 10.4. The Bertz CT molecular complexity index is 492. The lowest BCUT2D eigenvalue weighted by molar-refractivity contribution is -0.141. The second-order valence-corrected chi connectivity index (χ2v) is 3.43. The highest BCUT2D eigenvalue weighted by molar-refractivity contribution is 5.81. The molecule has 0 bridgehead atoms. The van der Waals surface area contributed by atoms with E-state index in [2.05, 4.69) is 20.0 Å². The smallest absolute Gasteiger partial charge is 0.346 e. The molecule has 6 nitrogen and oxygen atoms in total. The normalized spacial score (nSPS) is 20.6. The molecule has 6 heteroatoms. The molecular weight excluding hydrogens is 210 g/mol. The number of methoxy groups -OCH3 is 1. The summed E-state index contributed by atoms with van der Waals surface area (Å²) in [7, 11) is 1.37. The van der Waals surface area contributed by atoms with Gasteiger partial charge in [-0.15, -0.1) is 0 Å². The van der Waals surface area contributed by atoms with Crippen molar-refractivity contribution >= 4 is 11.8 Å². The number of anilines is 1. The summed E-state index contributed by atoms with van der Waals surface area (Å²) < 4.78 is 4.60. The first-order chi connectivity index (χ1) is 7.70. The Balaban J connectivity index is 1.96. The zero-order valence-corrected chi connectivity index (χ0v) is 8.69. The molecule has 2 N–H and O–H groups in total. The molecule has 0 aliphatic heterocycles. The number of hydrogen-bond donors (Lipinski definition) is 2. The molecule has 1 fully saturated rings. The Hall–Kier alpha value is -2.11. The second-order valence-electron chi connectivity index (χ2n) is 3.43. The predicted octanol–water partition coefficient (Wildman–Crippen LogP) is 0.259. The molecule has 1 saturated carbocycles. The van der Waals surface area contributed by atoms with Gasteiger partial charge in [-0.2, -0.15) is 0 Å². The van der Waals surface area contributed by atoms with E-state index in [4.69, 9.17) is 0 Å². The number of H-pyrrole nitrogens is 1. The summed E-state index contributed by atoms with van der Waals surface area (Å²) in [6.45, 7) is 0. The zero-order valence-electron chi connectivity index (χ0n) is 8.69. The van der Waals surface area contributed by atoms with Crippen LogP contribution >= 0.6 is 0 Å². The van der Waals surface area contributed by atoms with Crippen molar-refractivity contribution < 1.29 is 9.53 Å².